The molecule has 106 valence electrons. The van der Waals surface area contributed by atoms with E-state index in [1.807, 2.05) is 42.5 Å². The molecule has 2 aromatic rings. The monoisotopic (exact) mass is 361 g/mol. The molecular weight excluding hydrogens is 350 g/mol. The number of alkyl halides is 1. The fourth-order valence-electron chi connectivity index (χ4n) is 2.46. The first-order chi connectivity index (χ1) is 10.1. The number of halogens is 2. The van der Waals surface area contributed by atoms with E-state index in [1.54, 1.807) is 17.1 Å². The summed E-state index contributed by atoms with van der Waals surface area (Å²) >= 11 is 9.51. The molecule has 0 saturated carbocycles. The Labute approximate surface area is 137 Å². The molecule has 0 N–H and O–H groups in total. The molecule has 0 bridgehead atoms. The maximum absolute atomic E-state index is 12.5. The van der Waals surface area contributed by atoms with Gasteiger partial charge in [0.15, 0.2) is 0 Å². The van der Waals surface area contributed by atoms with Crippen molar-refractivity contribution in [2.75, 3.05) is 4.90 Å². The highest BCUT2D eigenvalue weighted by atomic mass is 79.9. The van der Waals surface area contributed by atoms with Crippen LogP contribution in [0.1, 0.15) is 11.1 Å². The number of amides is 1. The minimum atomic E-state index is -0.0400. The highest BCUT2D eigenvalue weighted by molar-refractivity contribution is 9.09. The van der Waals surface area contributed by atoms with Gasteiger partial charge < -0.3 is 0 Å². The van der Waals surface area contributed by atoms with E-state index in [1.165, 1.54) is 5.56 Å². The molecule has 1 amide bonds. The first-order valence-electron chi connectivity index (χ1n) is 6.64. The Morgan fingerprint density at radius 2 is 2.05 bits per heavy atom. The topological polar surface area (TPSA) is 20.3 Å². The first kappa shape index (κ1) is 14.4. The van der Waals surface area contributed by atoms with E-state index in [0.717, 1.165) is 17.7 Å². The third-order valence-electron chi connectivity index (χ3n) is 3.42. The summed E-state index contributed by atoms with van der Waals surface area (Å²) in [4.78, 5) is 14.2. The number of benzene rings is 2. The van der Waals surface area contributed by atoms with Gasteiger partial charge in [-0.2, -0.15) is 0 Å². The van der Waals surface area contributed by atoms with Gasteiger partial charge in [-0.3, -0.25) is 9.69 Å². The van der Waals surface area contributed by atoms with Crippen molar-refractivity contribution in [2.24, 2.45) is 0 Å². The summed E-state index contributed by atoms with van der Waals surface area (Å²) in [6.07, 6.45) is 4.20. The number of hydrogen-bond acceptors (Lipinski definition) is 1. The number of carbonyl (C=O) groups is 1. The summed E-state index contributed by atoms with van der Waals surface area (Å²) in [7, 11) is 0. The Morgan fingerprint density at radius 3 is 2.86 bits per heavy atom. The number of rotatable bonds is 2. The van der Waals surface area contributed by atoms with Crippen molar-refractivity contribution in [3.8, 4) is 0 Å². The molecule has 2 nitrogen and oxygen atoms in total. The van der Waals surface area contributed by atoms with E-state index in [-0.39, 0.29) is 10.9 Å². The van der Waals surface area contributed by atoms with E-state index in [4.69, 9.17) is 11.6 Å². The average Bonchev–Trinajstić information content (AvgIpc) is 2.81. The number of hydrogen-bond donors (Lipinski definition) is 0. The highest BCUT2D eigenvalue weighted by Crippen LogP contribution is 2.34. The van der Waals surface area contributed by atoms with Crippen LogP contribution in [-0.4, -0.2) is 10.9 Å². The lowest BCUT2D eigenvalue weighted by atomic mass is 10.2. The van der Waals surface area contributed by atoms with Gasteiger partial charge in [0.25, 0.3) is 5.91 Å². The normalized spacial score (nSPS) is 17.2. The standard InChI is InChI=1S/C17H13BrClNO/c18-16-11-13-5-1-2-7-15(13)20(16)17(21)9-8-12-4-3-6-14(19)10-12/h1-10,16H,11H2/b9-8+. The zero-order valence-corrected chi connectivity index (χ0v) is 13.5. The fraction of sp³-hybridized carbons (Fsp3) is 0.118. The van der Waals surface area contributed by atoms with Crippen molar-refractivity contribution < 1.29 is 4.79 Å². The third kappa shape index (κ3) is 3.04. The molecule has 0 spiro atoms. The van der Waals surface area contributed by atoms with Gasteiger partial charge in [-0.15, -0.1) is 0 Å². The van der Waals surface area contributed by atoms with Gasteiger partial charge in [0, 0.05) is 23.2 Å². The minimum absolute atomic E-state index is 0.00594. The maximum atomic E-state index is 12.5. The average molecular weight is 363 g/mol. The second-order valence-electron chi connectivity index (χ2n) is 4.86. The third-order valence-corrected chi connectivity index (χ3v) is 4.39. The SMILES string of the molecule is O=C(/C=C/c1cccc(Cl)c1)N1c2ccccc2CC1Br. The predicted molar refractivity (Wildman–Crippen MR) is 90.8 cm³/mol. The minimum Gasteiger partial charge on any atom is -0.295 e. The second-order valence-corrected chi connectivity index (χ2v) is 6.36. The van der Waals surface area contributed by atoms with Crippen LogP contribution in [0, 0.1) is 0 Å². The van der Waals surface area contributed by atoms with E-state index >= 15 is 0 Å². The van der Waals surface area contributed by atoms with E-state index in [2.05, 4.69) is 22.0 Å². The zero-order chi connectivity index (χ0) is 14.8. The molecule has 1 heterocycles. The summed E-state index contributed by atoms with van der Waals surface area (Å²) in [6.45, 7) is 0. The molecule has 1 aliphatic heterocycles. The van der Waals surface area contributed by atoms with Crippen LogP contribution in [0.3, 0.4) is 0 Å². The number of para-hydroxylation sites is 1. The van der Waals surface area contributed by atoms with Crippen molar-refractivity contribution in [1.29, 1.82) is 0 Å². The molecule has 2 aromatic carbocycles. The van der Waals surface area contributed by atoms with Gasteiger partial charge in [-0.05, 0) is 35.4 Å². The summed E-state index contributed by atoms with van der Waals surface area (Å²) in [5, 5.41) is 0.662. The summed E-state index contributed by atoms with van der Waals surface area (Å²) in [5.74, 6) is -0.0400. The Kier molecular flexibility index (Phi) is 4.13. The van der Waals surface area contributed by atoms with Crippen molar-refractivity contribution >= 4 is 45.2 Å². The smallest absolute Gasteiger partial charge is 0.251 e. The summed E-state index contributed by atoms with van der Waals surface area (Å²) in [5.41, 5.74) is 3.07. The molecule has 0 radical (unpaired) electrons. The molecule has 1 unspecified atom stereocenters. The van der Waals surface area contributed by atoms with Crippen molar-refractivity contribution in [2.45, 2.75) is 11.4 Å². The lowest BCUT2D eigenvalue weighted by Crippen LogP contribution is -2.32. The lowest BCUT2D eigenvalue weighted by Gasteiger charge is -2.19. The van der Waals surface area contributed by atoms with E-state index in [0.29, 0.717) is 5.02 Å². The Bertz CT molecular complexity index is 713. The molecule has 0 fully saturated rings. The van der Waals surface area contributed by atoms with Crippen LogP contribution in [0.4, 0.5) is 5.69 Å². The Morgan fingerprint density at radius 1 is 1.24 bits per heavy atom. The van der Waals surface area contributed by atoms with Crippen LogP contribution < -0.4 is 4.90 Å². The molecule has 4 heteroatoms. The van der Waals surface area contributed by atoms with Gasteiger partial charge in [0.2, 0.25) is 0 Å². The quantitative estimate of drug-likeness (QED) is 0.432. The number of nitrogens with zero attached hydrogens (tertiary/aromatic N) is 1. The van der Waals surface area contributed by atoms with Crippen LogP contribution in [0.2, 0.25) is 5.02 Å². The van der Waals surface area contributed by atoms with Gasteiger partial charge in [-0.25, -0.2) is 0 Å². The summed E-state index contributed by atoms with van der Waals surface area (Å²) < 4.78 is 0. The molecule has 21 heavy (non-hydrogen) atoms. The molecule has 0 saturated heterocycles. The molecular formula is C17H13BrClNO. The molecule has 1 aliphatic rings. The molecule has 1 atom stereocenters. The van der Waals surface area contributed by atoms with Gasteiger partial charge in [0.1, 0.15) is 0 Å². The van der Waals surface area contributed by atoms with Crippen LogP contribution in [0.5, 0.6) is 0 Å². The molecule has 0 aromatic heterocycles. The highest BCUT2D eigenvalue weighted by Gasteiger charge is 2.30. The fourth-order valence-corrected chi connectivity index (χ4v) is 3.43. The lowest BCUT2D eigenvalue weighted by molar-refractivity contribution is -0.114. The second kappa shape index (κ2) is 6.04. The van der Waals surface area contributed by atoms with Crippen LogP contribution in [0.25, 0.3) is 6.08 Å². The van der Waals surface area contributed by atoms with Crippen LogP contribution in [-0.2, 0) is 11.2 Å². The Hall–Kier alpha value is -1.58. The van der Waals surface area contributed by atoms with Crippen LogP contribution >= 0.6 is 27.5 Å². The first-order valence-corrected chi connectivity index (χ1v) is 7.93. The predicted octanol–water partition coefficient (Wildman–Crippen LogP) is 4.66. The van der Waals surface area contributed by atoms with Crippen molar-refractivity contribution in [1.82, 2.24) is 0 Å². The van der Waals surface area contributed by atoms with Gasteiger partial charge >= 0.3 is 0 Å². The zero-order valence-electron chi connectivity index (χ0n) is 11.2. The van der Waals surface area contributed by atoms with Crippen LogP contribution in [0.15, 0.2) is 54.6 Å². The number of anilines is 1. The van der Waals surface area contributed by atoms with Gasteiger partial charge in [0.05, 0.1) is 4.95 Å². The largest absolute Gasteiger partial charge is 0.295 e. The van der Waals surface area contributed by atoms with Crippen molar-refractivity contribution in [3.63, 3.8) is 0 Å². The molecule has 3 rings (SSSR count). The number of carbonyl (C=O) groups excluding carboxylic acids is 1. The summed E-state index contributed by atoms with van der Waals surface area (Å²) in [6, 6.07) is 15.4. The molecule has 0 aliphatic carbocycles. The Balaban J connectivity index is 1.83. The number of fused-ring (bicyclic) bond motifs is 1. The maximum Gasteiger partial charge on any atom is 0.251 e. The van der Waals surface area contributed by atoms with E-state index in [9.17, 15) is 4.79 Å². The van der Waals surface area contributed by atoms with Gasteiger partial charge in [-0.1, -0.05) is 57.9 Å². The van der Waals surface area contributed by atoms with E-state index < -0.39 is 0 Å². The van der Waals surface area contributed by atoms with Crippen molar-refractivity contribution in [3.05, 3.63) is 70.8 Å².